The van der Waals surface area contributed by atoms with E-state index in [4.69, 9.17) is 4.74 Å². The van der Waals surface area contributed by atoms with E-state index < -0.39 is 0 Å². The van der Waals surface area contributed by atoms with Gasteiger partial charge in [-0.1, -0.05) is 0 Å². The Hall–Kier alpha value is -1.89. The predicted octanol–water partition coefficient (Wildman–Crippen LogP) is 1.28. The van der Waals surface area contributed by atoms with Crippen molar-refractivity contribution in [3.63, 3.8) is 0 Å². The lowest BCUT2D eigenvalue weighted by Crippen LogP contribution is -2.46. The highest BCUT2D eigenvalue weighted by Crippen LogP contribution is 2.18. The molecule has 1 aromatic rings. The fourth-order valence-corrected chi connectivity index (χ4v) is 3.20. The van der Waals surface area contributed by atoms with Gasteiger partial charge in [-0.2, -0.15) is 5.10 Å². The van der Waals surface area contributed by atoms with Crippen LogP contribution in [0.3, 0.4) is 0 Å². The van der Waals surface area contributed by atoms with Gasteiger partial charge in [0.25, 0.3) is 0 Å². The van der Waals surface area contributed by atoms with Crippen molar-refractivity contribution in [3.05, 3.63) is 17.5 Å². The van der Waals surface area contributed by atoms with Crippen molar-refractivity contribution >= 4 is 11.8 Å². The van der Waals surface area contributed by atoms with Crippen molar-refractivity contribution in [1.29, 1.82) is 0 Å². The first-order valence-electron chi connectivity index (χ1n) is 9.07. The number of amides is 2. The van der Waals surface area contributed by atoms with Gasteiger partial charge in [-0.25, -0.2) is 0 Å². The number of likely N-dealkylation sites (tertiary alicyclic amines) is 1. The molecule has 7 heteroatoms. The summed E-state index contributed by atoms with van der Waals surface area (Å²) >= 11 is 0. The van der Waals surface area contributed by atoms with Crippen LogP contribution < -0.4 is 5.32 Å². The molecular formula is C18H30N4O3. The first-order valence-corrected chi connectivity index (χ1v) is 9.07. The van der Waals surface area contributed by atoms with Crippen LogP contribution in [0.5, 0.6) is 0 Å². The number of carbonyl (C=O) groups excluding carboxylic acids is 2. The minimum atomic E-state index is -0.0287. The maximum atomic E-state index is 12.5. The SMILES string of the molecule is CCOCC(=O)N1CCC(C(=O)NC(C)Cn2nc(C)cc2C)CC1. The number of nitrogens with zero attached hydrogens (tertiary/aromatic N) is 3. The van der Waals surface area contributed by atoms with Crippen molar-refractivity contribution < 1.29 is 14.3 Å². The Labute approximate surface area is 149 Å². The van der Waals surface area contributed by atoms with Crippen LogP contribution in [0.2, 0.25) is 0 Å². The number of ether oxygens (including phenoxy) is 1. The Balaban J connectivity index is 1.76. The molecule has 0 aromatic carbocycles. The van der Waals surface area contributed by atoms with Crippen molar-refractivity contribution in [2.24, 2.45) is 5.92 Å². The van der Waals surface area contributed by atoms with E-state index in [0.29, 0.717) is 39.1 Å². The van der Waals surface area contributed by atoms with Gasteiger partial charge in [0.05, 0.1) is 12.2 Å². The normalized spacial score (nSPS) is 16.7. The highest BCUT2D eigenvalue weighted by molar-refractivity contribution is 5.80. The predicted molar refractivity (Wildman–Crippen MR) is 95.1 cm³/mol. The van der Waals surface area contributed by atoms with E-state index in [1.807, 2.05) is 38.4 Å². The van der Waals surface area contributed by atoms with Crippen molar-refractivity contribution in [2.45, 2.75) is 53.1 Å². The largest absolute Gasteiger partial charge is 0.372 e. The van der Waals surface area contributed by atoms with E-state index in [-0.39, 0.29) is 30.4 Å². The maximum Gasteiger partial charge on any atom is 0.248 e. The second kappa shape index (κ2) is 8.99. The van der Waals surface area contributed by atoms with Gasteiger partial charge < -0.3 is 15.0 Å². The van der Waals surface area contributed by atoms with E-state index >= 15 is 0 Å². The Kier molecular flexibility index (Phi) is 6.99. The minimum Gasteiger partial charge on any atom is -0.372 e. The first-order chi connectivity index (χ1) is 11.9. The van der Waals surface area contributed by atoms with E-state index in [9.17, 15) is 9.59 Å². The summed E-state index contributed by atoms with van der Waals surface area (Å²) in [6.07, 6.45) is 1.41. The van der Waals surface area contributed by atoms with Crippen LogP contribution in [-0.4, -0.2) is 58.8 Å². The smallest absolute Gasteiger partial charge is 0.248 e. The molecule has 1 saturated heterocycles. The molecule has 25 heavy (non-hydrogen) atoms. The number of carbonyl (C=O) groups is 2. The van der Waals surface area contributed by atoms with Crippen molar-refractivity contribution in [3.8, 4) is 0 Å². The summed E-state index contributed by atoms with van der Waals surface area (Å²) in [7, 11) is 0. The standard InChI is InChI=1S/C18H30N4O3/c1-5-25-12-17(23)21-8-6-16(7-9-21)18(24)19-14(3)11-22-15(4)10-13(2)20-22/h10,14,16H,5-9,11-12H2,1-4H3,(H,19,24). The number of rotatable bonds is 7. The summed E-state index contributed by atoms with van der Waals surface area (Å²) in [5.41, 5.74) is 2.08. The van der Waals surface area contributed by atoms with Gasteiger partial charge >= 0.3 is 0 Å². The van der Waals surface area contributed by atoms with Crippen LogP contribution in [0.4, 0.5) is 0 Å². The molecule has 2 heterocycles. The van der Waals surface area contributed by atoms with Gasteiger partial charge in [-0.05, 0) is 46.6 Å². The third-order valence-corrected chi connectivity index (χ3v) is 4.59. The lowest BCUT2D eigenvalue weighted by atomic mass is 9.95. The van der Waals surface area contributed by atoms with Crippen molar-refractivity contribution in [2.75, 3.05) is 26.3 Å². The molecule has 1 unspecified atom stereocenters. The molecule has 1 aliphatic heterocycles. The number of aromatic nitrogens is 2. The molecule has 0 bridgehead atoms. The lowest BCUT2D eigenvalue weighted by molar-refractivity contribution is -0.139. The summed E-state index contributed by atoms with van der Waals surface area (Å²) in [5, 5.41) is 7.52. The Morgan fingerprint density at radius 2 is 2.04 bits per heavy atom. The monoisotopic (exact) mass is 350 g/mol. The van der Waals surface area contributed by atoms with Crippen LogP contribution in [0, 0.1) is 19.8 Å². The topological polar surface area (TPSA) is 76.5 Å². The number of hydrogen-bond acceptors (Lipinski definition) is 4. The maximum absolute atomic E-state index is 12.5. The highest BCUT2D eigenvalue weighted by Gasteiger charge is 2.27. The third-order valence-electron chi connectivity index (χ3n) is 4.59. The average molecular weight is 350 g/mol. The van der Waals surface area contributed by atoms with Gasteiger partial charge in [0, 0.05) is 37.4 Å². The number of nitrogens with one attached hydrogen (secondary N) is 1. The molecule has 1 aromatic heterocycles. The van der Waals surface area contributed by atoms with Crippen molar-refractivity contribution in [1.82, 2.24) is 20.0 Å². The number of aryl methyl sites for hydroxylation is 2. The average Bonchev–Trinajstić information content (AvgIpc) is 2.89. The van der Waals surface area contributed by atoms with E-state index in [1.165, 1.54) is 0 Å². The zero-order valence-corrected chi connectivity index (χ0v) is 15.7. The molecule has 1 atom stereocenters. The molecule has 1 N–H and O–H groups in total. The first kappa shape index (κ1) is 19.4. The van der Waals surface area contributed by atoms with Crippen LogP contribution >= 0.6 is 0 Å². The molecule has 0 aliphatic carbocycles. The Bertz CT molecular complexity index is 591. The summed E-state index contributed by atoms with van der Waals surface area (Å²) in [4.78, 5) is 26.2. The van der Waals surface area contributed by atoms with Gasteiger partial charge in [0.1, 0.15) is 6.61 Å². The summed E-state index contributed by atoms with van der Waals surface area (Å²) in [6.45, 7) is 10.4. The molecule has 1 aliphatic rings. The molecule has 2 amide bonds. The summed E-state index contributed by atoms with van der Waals surface area (Å²) < 4.78 is 7.09. The lowest BCUT2D eigenvalue weighted by Gasteiger charge is -2.32. The molecule has 0 radical (unpaired) electrons. The van der Waals surface area contributed by atoms with Crippen LogP contribution in [0.25, 0.3) is 0 Å². The fraction of sp³-hybridized carbons (Fsp3) is 0.722. The van der Waals surface area contributed by atoms with Gasteiger partial charge in [-0.3, -0.25) is 14.3 Å². The van der Waals surface area contributed by atoms with Crippen LogP contribution in [0.1, 0.15) is 38.1 Å². The van der Waals surface area contributed by atoms with Gasteiger partial charge in [-0.15, -0.1) is 0 Å². The van der Waals surface area contributed by atoms with Gasteiger partial charge in [0.2, 0.25) is 11.8 Å². The molecule has 140 valence electrons. The Morgan fingerprint density at radius 1 is 1.36 bits per heavy atom. The molecule has 2 rings (SSSR count). The fourth-order valence-electron chi connectivity index (χ4n) is 3.20. The zero-order valence-electron chi connectivity index (χ0n) is 15.7. The second-order valence-electron chi connectivity index (χ2n) is 6.81. The molecule has 0 saturated carbocycles. The quantitative estimate of drug-likeness (QED) is 0.804. The highest BCUT2D eigenvalue weighted by atomic mass is 16.5. The minimum absolute atomic E-state index is 0.0126. The molecular weight excluding hydrogens is 320 g/mol. The second-order valence-corrected chi connectivity index (χ2v) is 6.81. The molecule has 7 nitrogen and oxygen atoms in total. The van der Waals surface area contributed by atoms with Gasteiger partial charge in [0.15, 0.2) is 0 Å². The van der Waals surface area contributed by atoms with Crippen LogP contribution in [0.15, 0.2) is 6.07 Å². The van der Waals surface area contributed by atoms with E-state index in [1.54, 1.807) is 4.90 Å². The summed E-state index contributed by atoms with van der Waals surface area (Å²) in [5.74, 6) is 0.0589. The molecule has 0 spiro atoms. The zero-order chi connectivity index (χ0) is 18.4. The number of piperidine rings is 1. The summed E-state index contributed by atoms with van der Waals surface area (Å²) in [6, 6.07) is 2.05. The third kappa shape index (κ3) is 5.56. The number of hydrogen-bond donors (Lipinski definition) is 1. The Morgan fingerprint density at radius 3 is 2.60 bits per heavy atom. The van der Waals surface area contributed by atoms with E-state index in [2.05, 4.69) is 10.4 Å². The van der Waals surface area contributed by atoms with E-state index in [0.717, 1.165) is 11.4 Å². The molecule has 1 fully saturated rings. The van der Waals surface area contributed by atoms with Crippen LogP contribution in [-0.2, 0) is 20.9 Å².